The molecule has 0 amide bonds. The Morgan fingerprint density at radius 2 is 1.88 bits per heavy atom. The Bertz CT molecular complexity index is 362. The molecule has 1 aromatic rings. The number of rotatable bonds is 6. The molecule has 0 heterocycles. The van der Waals surface area contributed by atoms with Gasteiger partial charge in [-0.2, -0.15) is 0 Å². The average Bonchev–Trinajstić information content (AvgIpc) is 2.29. The number of unbranched alkanes of at least 4 members (excludes halogenated alkanes) is 2. The van der Waals surface area contributed by atoms with Gasteiger partial charge in [0.2, 0.25) is 0 Å². The van der Waals surface area contributed by atoms with E-state index in [0.717, 1.165) is 25.7 Å². The van der Waals surface area contributed by atoms with Gasteiger partial charge in [0.1, 0.15) is 5.78 Å². The molecule has 0 N–H and O–H groups in total. The lowest BCUT2D eigenvalue weighted by Crippen LogP contribution is -2.42. The second kappa shape index (κ2) is 5.48. The van der Waals surface area contributed by atoms with Crippen LogP contribution in [0.3, 0.4) is 0 Å². The molecule has 1 heteroatoms. The number of ketones is 1. The van der Waals surface area contributed by atoms with Crippen LogP contribution >= 0.6 is 0 Å². The van der Waals surface area contributed by atoms with Gasteiger partial charge < -0.3 is 0 Å². The molecule has 0 spiro atoms. The van der Waals surface area contributed by atoms with Gasteiger partial charge in [-0.3, -0.25) is 4.79 Å². The first-order chi connectivity index (χ1) is 8.29. The molecule has 0 aliphatic heterocycles. The fraction of sp³-hybridized carbons (Fsp3) is 0.562. The SMILES string of the molecule is CCCCCC(=O)C1(c2ccccc2)CCC1. The van der Waals surface area contributed by atoms with Crippen molar-refractivity contribution in [3.63, 3.8) is 0 Å². The molecular formula is C16H22O. The summed E-state index contributed by atoms with van der Waals surface area (Å²) in [6, 6.07) is 10.4. The second-order valence-electron chi connectivity index (χ2n) is 5.18. The Morgan fingerprint density at radius 1 is 1.18 bits per heavy atom. The largest absolute Gasteiger partial charge is 0.299 e. The Morgan fingerprint density at radius 3 is 2.41 bits per heavy atom. The lowest BCUT2D eigenvalue weighted by molar-refractivity contribution is -0.127. The molecule has 1 aliphatic carbocycles. The highest BCUT2D eigenvalue weighted by atomic mass is 16.1. The summed E-state index contributed by atoms with van der Waals surface area (Å²) in [5.74, 6) is 0.475. The van der Waals surface area contributed by atoms with Crippen molar-refractivity contribution in [3.8, 4) is 0 Å². The number of hydrogen-bond donors (Lipinski definition) is 0. The van der Waals surface area contributed by atoms with Crippen molar-refractivity contribution in [1.29, 1.82) is 0 Å². The van der Waals surface area contributed by atoms with Crippen molar-refractivity contribution in [1.82, 2.24) is 0 Å². The standard InChI is InChI=1S/C16H22O/c1-2-3-5-11-15(17)16(12-8-13-16)14-9-6-4-7-10-14/h4,6-7,9-10H,2-3,5,8,11-13H2,1H3. The summed E-state index contributed by atoms with van der Waals surface area (Å²) < 4.78 is 0. The first-order valence-electron chi connectivity index (χ1n) is 6.88. The minimum absolute atomic E-state index is 0.116. The normalized spacial score (nSPS) is 17.5. The molecule has 0 atom stereocenters. The van der Waals surface area contributed by atoms with Gasteiger partial charge in [0.05, 0.1) is 5.41 Å². The lowest BCUT2D eigenvalue weighted by atomic mass is 9.61. The zero-order chi connectivity index (χ0) is 12.1. The first kappa shape index (κ1) is 12.3. The summed E-state index contributed by atoms with van der Waals surface area (Å²) in [6.45, 7) is 2.18. The summed E-state index contributed by atoms with van der Waals surface area (Å²) in [5, 5.41) is 0. The minimum Gasteiger partial charge on any atom is -0.299 e. The zero-order valence-corrected chi connectivity index (χ0v) is 10.7. The van der Waals surface area contributed by atoms with Crippen molar-refractivity contribution >= 4 is 5.78 Å². The Kier molecular flexibility index (Phi) is 3.98. The Hall–Kier alpha value is -1.11. The van der Waals surface area contributed by atoms with Crippen LogP contribution in [0.25, 0.3) is 0 Å². The maximum atomic E-state index is 12.4. The molecule has 0 unspecified atom stereocenters. The molecule has 0 aromatic heterocycles. The minimum atomic E-state index is -0.116. The number of carbonyl (C=O) groups excluding carboxylic acids is 1. The van der Waals surface area contributed by atoms with Crippen molar-refractivity contribution in [2.24, 2.45) is 0 Å². The zero-order valence-electron chi connectivity index (χ0n) is 10.7. The fourth-order valence-corrected chi connectivity index (χ4v) is 2.79. The molecule has 2 rings (SSSR count). The maximum Gasteiger partial charge on any atom is 0.143 e. The van der Waals surface area contributed by atoms with Gasteiger partial charge in [0.25, 0.3) is 0 Å². The molecule has 92 valence electrons. The molecule has 0 radical (unpaired) electrons. The smallest absolute Gasteiger partial charge is 0.143 e. The van der Waals surface area contributed by atoms with Crippen LogP contribution in [0.5, 0.6) is 0 Å². The van der Waals surface area contributed by atoms with Crippen molar-refractivity contribution in [3.05, 3.63) is 35.9 Å². The van der Waals surface area contributed by atoms with E-state index in [2.05, 4.69) is 31.2 Å². The first-order valence-corrected chi connectivity index (χ1v) is 6.88. The van der Waals surface area contributed by atoms with Crippen LogP contribution in [-0.4, -0.2) is 5.78 Å². The molecule has 1 nitrogen and oxygen atoms in total. The van der Waals surface area contributed by atoms with Crippen LogP contribution < -0.4 is 0 Å². The topological polar surface area (TPSA) is 17.1 Å². The van der Waals surface area contributed by atoms with Gasteiger partial charge in [0, 0.05) is 6.42 Å². The summed E-state index contributed by atoms with van der Waals surface area (Å²) in [6.07, 6.45) is 7.51. The van der Waals surface area contributed by atoms with Crippen molar-refractivity contribution in [2.75, 3.05) is 0 Å². The average molecular weight is 230 g/mol. The number of benzene rings is 1. The highest BCUT2D eigenvalue weighted by molar-refractivity contribution is 5.91. The van der Waals surface area contributed by atoms with Crippen LogP contribution in [0.2, 0.25) is 0 Å². The van der Waals surface area contributed by atoms with E-state index in [1.165, 1.54) is 24.8 Å². The Balaban J connectivity index is 2.07. The Labute approximate surface area is 104 Å². The van der Waals surface area contributed by atoms with E-state index in [0.29, 0.717) is 5.78 Å². The summed E-state index contributed by atoms with van der Waals surface area (Å²) in [7, 11) is 0. The van der Waals surface area contributed by atoms with Crippen LogP contribution in [0.1, 0.15) is 57.4 Å². The van der Waals surface area contributed by atoms with E-state index < -0.39 is 0 Å². The number of Topliss-reactive ketones (excluding diaryl/α,β-unsaturated/α-hetero) is 1. The van der Waals surface area contributed by atoms with Gasteiger partial charge in [-0.1, -0.05) is 56.5 Å². The molecule has 1 saturated carbocycles. The maximum absolute atomic E-state index is 12.4. The summed E-state index contributed by atoms with van der Waals surface area (Å²) in [4.78, 5) is 12.4. The van der Waals surface area contributed by atoms with Crippen LogP contribution in [-0.2, 0) is 10.2 Å². The molecule has 0 bridgehead atoms. The molecule has 1 aliphatic rings. The molecule has 17 heavy (non-hydrogen) atoms. The van der Waals surface area contributed by atoms with E-state index in [4.69, 9.17) is 0 Å². The van der Waals surface area contributed by atoms with E-state index >= 15 is 0 Å². The van der Waals surface area contributed by atoms with Crippen molar-refractivity contribution in [2.45, 2.75) is 57.3 Å². The third kappa shape index (κ3) is 2.43. The number of carbonyl (C=O) groups is 1. The van der Waals surface area contributed by atoms with Gasteiger partial charge >= 0.3 is 0 Å². The van der Waals surface area contributed by atoms with Crippen LogP contribution in [0.15, 0.2) is 30.3 Å². The van der Waals surface area contributed by atoms with Gasteiger partial charge in [0.15, 0.2) is 0 Å². The third-order valence-electron chi connectivity index (χ3n) is 4.07. The van der Waals surface area contributed by atoms with Gasteiger partial charge in [-0.15, -0.1) is 0 Å². The highest BCUT2D eigenvalue weighted by Crippen LogP contribution is 2.45. The van der Waals surface area contributed by atoms with Crippen LogP contribution in [0.4, 0.5) is 0 Å². The van der Waals surface area contributed by atoms with E-state index in [1.54, 1.807) is 0 Å². The predicted octanol–water partition coefficient (Wildman–Crippen LogP) is 4.26. The summed E-state index contributed by atoms with van der Waals surface area (Å²) in [5.41, 5.74) is 1.13. The van der Waals surface area contributed by atoms with Gasteiger partial charge in [-0.25, -0.2) is 0 Å². The van der Waals surface area contributed by atoms with Crippen molar-refractivity contribution < 1.29 is 4.79 Å². The highest BCUT2D eigenvalue weighted by Gasteiger charge is 2.44. The van der Waals surface area contributed by atoms with Crippen LogP contribution in [0, 0.1) is 0 Å². The predicted molar refractivity (Wildman–Crippen MR) is 71.1 cm³/mol. The molecule has 1 fully saturated rings. The molecule has 0 saturated heterocycles. The molecule has 1 aromatic carbocycles. The fourth-order valence-electron chi connectivity index (χ4n) is 2.79. The quantitative estimate of drug-likeness (QED) is 0.667. The second-order valence-corrected chi connectivity index (χ2v) is 5.18. The third-order valence-corrected chi connectivity index (χ3v) is 4.07. The number of hydrogen-bond acceptors (Lipinski definition) is 1. The lowest BCUT2D eigenvalue weighted by Gasteiger charge is -2.41. The van der Waals surface area contributed by atoms with E-state index in [9.17, 15) is 4.79 Å². The van der Waals surface area contributed by atoms with E-state index in [-0.39, 0.29) is 5.41 Å². The molecular weight excluding hydrogens is 208 g/mol. The van der Waals surface area contributed by atoms with Gasteiger partial charge in [-0.05, 0) is 24.8 Å². The van der Waals surface area contributed by atoms with E-state index in [1.807, 2.05) is 6.07 Å². The monoisotopic (exact) mass is 230 g/mol. The summed E-state index contributed by atoms with van der Waals surface area (Å²) >= 11 is 0.